The van der Waals surface area contributed by atoms with Gasteiger partial charge in [-0.2, -0.15) is 5.26 Å². The molecule has 0 bridgehead atoms. The van der Waals surface area contributed by atoms with Crippen molar-refractivity contribution in [2.75, 3.05) is 32.7 Å². The molecule has 0 aliphatic carbocycles. The van der Waals surface area contributed by atoms with E-state index in [1.165, 1.54) is 6.92 Å². The largest absolute Gasteiger partial charge is 0.457 e. The highest BCUT2D eigenvalue weighted by Crippen LogP contribution is 2.39. The third kappa shape index (κ3) is 5.49. The molecule has 33 heavy (non-hydrogen) atoms. The number of hydrogen-bond acceptors (Lipinski definition) is 9. The molecule has 1 amide bonds. The topological polar surface area (TPSA) is 113 Å². The number of esters is 1. The zero-order chi connectivity index (χ0) is 23.8. The summed E-state index contributed by atoms with van der Waals surface area (Å²) in [6, 6.07) is 1.94. The lowest BCUT2D eigenvalue weighted by molar-refractivity contribution is -0.220. The third-order valence-corrected chi connectivity index (χ3v) is 7.18. The zero-order valence-corrected chi connectivity index (χ0v) is 20.0. The van der Waals surface area contributed by atoms with Crippen LogP contribution in [-0.4, -0.2) is 96.4 Å². The molecule has 0 aromatic carbocycles. The second-order valence-corrected chi connectivity index (χ2v) is 10.3. The van der Waals surface area contributed by atoms with Crippen molar-refractivity contribution in [3.8, 4) is 6.07 Å². The van der Waals surface area contributed by atoms with E-state index < -0.39 is 24.3 Å². The Morgan fingerprint density at radius 1 is 1.18 bits per heavy atom. The summed E-state index contributed by atoms with van der Waals surface area (Å²) in [5, 5.41) is 12.7. The molecule has 4 aliphatic heterocycles. The molecule has 4 aliphatic rings. The predicted molar refractivity (Wildman–Crippen MR) is 117 cm³/mol. The Balaban J connectivity index is 1.27. The van der Waals surface area contributed by atoms with Gasteiger partial charge in [0.25, 0.3) is 0 Å². The lowest BCUT2D eigenvalue weighted by atomic mass is 9.89. The molecule has 0 radical (unpaired) electrons. The fourth-order valence-electron chi connectivity index (χ4n) is 5.28. The normalized spacial score (nSPS) is 35.2. The Hall–Kier alpha value is -1.77. The monoisotopic (exact) mass is 464 g/mol. The Morgan fingerprint density at radius 2 is 1.91 bits per heavy atom. The number of nitrogens with zero attached hydrogens (tertiary/aromatic N) is 3. The highest BCUT2D eigenvalue weighted by molar-refractivity contribution is 5.79. The minimum absolute atomic E-state index is 0.000693. The molecule has 4 rings (SSSR count). The van der Waals surface area contributed by atoms with Crippen molar-refractivity contribution in [1.29, 1.82) is 5.26 Å². The van der Waals surface area contributed by atoms with Crippen LogP contribution in [0.2, 0.25) is 0 Å². The number of amides is 1. The zero-order valence-electron chi connectivity index (χ0n) is 20.0. The predicted octanol–water partition coefficient (Wildman–Crippen LogP) is 0.753. The first-order valence-corrected chi connectivity index (χ1v) is 11.9. The van der Waals surface area contributed by atoms with Crippen molar-refractivity contribution in [3.05, 3.63) is 0 Å². The van der Waals surface area contributed by atoms with E-state index in [4.69, 9.17) is 18.9 Å². The van der Waals surface area contributed by atoms with E-state index >= 15 is 0 Å². The summed E-state index contributed by atoms with van der Waals surface area (Å²) in [6.07, 6.45) is 1.60. The van der Waals surface area contributed by atoms with E-state index in [1.54, 1.807) is 4.90 Å². The van der Waals surface area contributed by atoms with E-state index in [0.29, 0.717) is 13.1 Å². The van der Waals surface area contributed by atoms with Crippen molar-refractivity contribution in [2.45, 2.75) is 95.3 Å². The van der Waals surface area contributed by atoms with Crippen LogP contribution in [0.3, 0.4) is 0 Å². The van der Waals surface area contributed by atoms with Gasteiger partial charge in [0, 0.05) is 25.6 Å². The Bertz CT molecular complexity index is 790. The molecule has 0 unspecified atom stereocenters. The Morgan fingerprint density at radius 3 is 2.58 bits per heavy atom. The molecule has 4 saturated heterocycles. The quantitative estimate of drug-likeness (QED) is 0.569. The molecular formula is C23H36N4O6. The van der Waals surface area contributed by atoms with Crippen molar-refractivity contribution < 1.29 is 28.5 Å². The van der Waals surface area contributed by atoms with Gasteiger partial charge in [-0.3, -0.25) is 9.59 Å². The molecule has 10 heteroatoms. The highest BCUT2D eigenvalue weighted by atomic mass is 16.8. The first-order valence-electron chi connectivity index (χ1n) is 11.9. The summed E-state index contributed by atoms with van der Waals surface area (Å²) >= 11 is 0. The fourth-order valence-corrected chi connectivity index (χ4v) is 5.28. The standard InChI is InChI=1S/C23H36N4O6/c1-15(28)30-19-17(31-21-20(19)32-22(2,3)33-21)14-26-10-7-23(4,8-11-26)25-13-18(29)27-9-5-6-16(27)12-24/h16-17,19-21,25H,5-11,13-14H2,1-4H3/t16-,17+,19-,20+,21+/m0/s1. The molecule has 4 heterocycles. The van der Waals surface area contributed by atoms with Crippen molar-refractivity contribution in [1.82, 2.24) is 15.1 Å². The summed E-state index contributed by atoms with van der Waals surface area (Å²) in [7, 11) is 0. The van der Waals surface area contributed by atoms with Crippen LogP contribution in [0, 0.1) is 11.3 Å². The maximum atomic E-state index is 12.6. The summed E-state index contributed by atoms with van der Waals surface area (Å²) in [4.78, 5) is 28.3. The van der Waals surface area contributed by atoms with Crippen LogP contribution in [0.1, 0.15) is 53.4 Å². The number of nitrogens with one attached hydrogen (secondary N) is 1. The van der Waals surface area contributed by atoms with Crippen molar-refractivity contribution >= 4 is 11.9 Å². The maximum Gasteiger partial charge on any atom is 0.303 e. The van der Waals surface area contributed by atoms with Gasteiger partial charge in [-0.05, 0) is 59.5 Å². The molecule has 0 aromatic rings. The van der Waals surface area contributed by atoms with E-state index in [2.05, 4.69) is 23.2 Å². The van der Waals surface area contributed by atoms with Gasteiger partial charge >= 0.3 is 5.97 Å². The lowest BCUT2D eigenvalue weighted by Crippen LogP contribution is -2.55. The van der Waals surface area contributed by atoms with Gasteiger partial charge in [0.15, 0.2) is 24.3 Å². The van der Waals surface area contributed by atoms with E-state index in [1.807, 2.05) is 13.8 Å². The maximum absolute atomic E-state index is 12.6. The summed E-state index contributed by atoms with van der Waals surface area (Å²) < 4.78 is 23.4. The van der Waals surface area contributed by atoms with Crippen molar-refractivity contribution in [3.63, 3.8) is 0 Å². The van der Waals surface area contributed by atoms with Gasteiger partial charge in [-0.25, -0.2) is 0 Å². The number of fused-ring (bicyclic) bond motifs is 1. The highest BCUT2D eigenvalue weighted by Gasteiger charge is 2.56. The molecule has 0 saturated carbocycles. The van der Waals surface area contributed by atoms with Gasteiger partial charge in [-0.15, -0.1) is 0 Å². The van der Waals surface area contributed by atoms with Gasteiger partial charge in [0.05, 0.1) is 12.6 Å². The molecular weight excluding hydrogens is 428 g/mol. The van der Waals surface area contributed by atoms with Crippen LogP contribution in [0.15, 0.2) is 0 Å². The van der Waals surface area contributed by atoms with Crippen molar-refractivity contribution in [2.24, 2.45) is 0 Å². The van der Waals surface area contributed by atoms with Gasteiger partial charge in [0.1, 0.15) is 12.1 Å². The second-order valence-electron chi connectivity index (χ2n) is 10.3. The van der Waals surface area contributed by atoms with Gasteiger partial charge in [0.2, 0.25) is 5.91 Å². The van der Waals surface area contributed by atoms with E-state index in [0.717, 1.165) is 38.8 Å². The SMILES string of the molecule is CC(=O)O[C@@H]1[C@H]2OC(C)(C)O[C@H]2O[C@@H]1CN1CCC(C)(NCC(=O)N2CCC[C@H]2C#N)CC1. The molecule has 0 spiro atoms. The average molecular weight is 465 g/mol. The Labute approximate surface area is 195 Å². The number of carbonyl (C=O) groups is 2. The first kappa shape index (κ1) is 24.4. The minimum atomic E-state index is -0.767. The smallest absolute Gasteiger partial charge is 0.303 e. The number of rotatable bonds is 6. The molecule has 1 N–H and O–H groups in total. The van der Waals surface area contributed by atoms with E-state index in [-0.39, 0.29) is 36.1 Å². The third-order valence-electron chi connectivity index (χ3n) is 7.18. The van der Waals surface area contributed by atoms with Crippen LogP contribution < -0.4 is 5.32 Å². The van der Waals surface area contributed by atoms with Crippen LogP contribution in [0.25, 0.3) is 0 Å². The lowest BCUT2D eigenvalue weighted by Gasteiger charge is -2.41. The second kappa shape index (κ2) is 9.47. The number of ether oxygens (including phenoxy) is 4. The van der Waals surface area contributed by atoms with Gasteiger partial charge < -0.3 is 34.1 Å². The summed E-state index contributed by atoms with van der Waals surface area (Å²) in [5.74, 6) is -1.13. The van der Waals surface area contributed by atoms with Crippen LogP contribution in [0.5, 0.6) is 0 Å². The van der Waals surface area contributed by atoms with Crippen LogP contribution in [-0.2, 0) is 28.5 Å². The number of hydrogen-bond donors (Lipinski definition) is 1. The molecule has 5 atom stereocenters. The van der Waals surface area contributed by atoms with Crippen LogP contribution >= 0.6 is 0 Å². The molecule has 184 valence electrons. The molecule has 10 nitrogen and oxygen atoms in total. The molecule has 4 fully saturated rings. The first-order chi connectivity index (χ1) is 15.6. The number of carbonyl (C=O) groups excluding carboxylic acids is 2. The number of piperidine rings is 1. The van der Waals surface area contributed by atoms with E-state index in [9.17, 15) is 14.9 Å². The summed E-state index contributed by atoms with van der Waals surface area (Å²) in [6.45, 7) is 10.4. The molecule has 0 aromatic heterocycles. The summed E-state index contributed by atoms with van der Waals surface area (Å²) in [5.41, 5.74) is -0.146. The number of nitriles is 1. The Kier molecular flexibility index (Phi) is 6.99. The fraction of sp³-hybridized carbons (Fsp3) is 0.870. The number of likely N-dealkylation sites (tertiary alicyclic amines) is 2. The van der Waals surface area contributed by atoms with Gasteiger partial charge in [-0.1, -0.05) is 0 Å². The minimum Gasteiger partial charge on any atom is -0.457 e. The average Bonchev–Trinajstić information content (AvgIpc) is 3.42. The van der Waals surface area contributed by atoms with Crippen LogP contribution in [0.4, 0.5) is 0 Å².